The molecule has 0 unspecified atom stereocenters. The van der Waals surface area contributed by atoms with Crippen LogP contribution >= 0.6 is 0 Å². The SMILES string of the molecule is C[C@H](c1ccccc1)N(Cc1ccccc1)C[C@H](C)C(=O)O. The zero-order valence-corrected chi connectivity index (χ0v) is 13.1. The summed E-state index contributed by atoms with van der Waals surface area (Å²) in [5, 5.41) is 9.22. The van der Waals surface area contributed by atoms with Gasteiger partial charge in [0.05, 0.1) is 5.92 Å². The normalized spacial score (nSPS) is 13.8. The largest absolute Gasteiger partial charge is 0.481 e. The summed E-state index contributed by atoms with van der Waals surface area (Å²) in [5.74, 6) is -1.15. The van der Waals surface area contributed by atoms with Crippen molar-refractivity contribution < 1.29 is 9.90 Å². The molecule has 3 heteroatoms. The zero-order chi connectivity index (χ0) is 15.9. The lowest BCUT2D eigenvalue weighted by molar-refractivity contribution is -0.142. The number of hydrogen-bond donors (Lipinski definition) is 1. The van der Waals surface area contributed by atoms with Crippen molar-refractivity contribution in [3.8, 4) is 0 Å². The maximum atomic E-state index is 11.2. The molecule has 2 atom stereocenters. The van der Waals surface area contributed by atoms with E-state index in [0.717, 1.165) is 6.54 Å². The summed E-state index contributed by atoms with van der Waals surface area (Å²) >= 11 is 0. The highest BCUT2D eigenvalue weighted by Crippen LogP contribution is 2.23. The minimum absolute atomic E-state index is 0.170. The third kappa shape index (κ3) is 4.43. The molecule has 0 radical (unpaired) electrons. The summed E-state index contributed by atoms with van der Waals surface area (Å²) in [6.45, 7) is 5.17. The number of nitrogens with zero attached hydrogens (tertiary/aromatic N) is 1. The average molecular weight is 297 g/mol. The first kappa shape index (κ1) is 16.2. The molecule has 22 heavy (non-hydrogen) atoms. The van der Waals surface area contributed by atoms with Crippen LogP contribution in [-0.4, -0.2) is 22.5 Å². The lowest BCUT2D eigenvalue weighted by atomic mass is 10.0. The van der Waals surface area contributed by atoms with Crippen LogP contribution in [0.5, 0.6) is 0 Å². The fraction of sp³-hybridized carbons (Fsp3) is 0.316. The van der Waals surface area contributed by atoms with Crippen molar-refractivity contribution in [2.45, 2.75) is 26.4 Å². The maximum Gasteiger partial charge on any atom is 0.307 e. The molecule has 2 rings (SSSR count). The molecule has 0 saturated heterocycles. The van der Waals surface area contributed by atoms with E-state index in [0.29, 0.717) is 6.54 Å². The van der Waals surface area contributed by atoms with E-state index in [9.17, 15) is 9.90 Å². The van der Waals surface area contributed by atoms with E-state index < -0.39 is 11.9 Å². The van der Waals surface area contributed by atoms with Crippen molar-refractivity contribution in [3.05, 3.63) is 71.8 Å². The number of carboxylic acid groups (broad SMARTS) is 1. The summed E-state index contributed by atoms with van der Waals surface area (Å²) in [5.41, 5.74) is 2.40. The fourth-order valence-electron chi connectivity index (χ4n) is 2.55. The second-order valence-corrected chi connectivity index (χ2v) is 5.74. The Kier molecular flexibility index (Phi) is 5.73. The molecule has 0 spiro atoms. The number of hydrogen-bond acceptors (Lipinski definition) is 2. The number of carbonyl (C=O) groups is 1. The van der Waals surface area contributed by atoms with Gasteiger partial charge in [-0.3, -0.25) is 9.69 Å². The van der Waals surface area contributed by atoms with Crippen LogP contribution in [0.4, 0.5) is 0 Å². The van der Waals surface area contributed by atoms with Crippen LogP contribution in [0.3, 0.4) is 0 Å². The third-order valence-corrected chi connectivity index (χ3v) is 3.99. The van der Waals surface area contributed by atoms with Crippen LogP contribution < -0.4 is 0 Å². The van der Waals surface area contributed by atoms with Gasteiger partial charge in [-0.15, -0.1) is 0 Å². The average Bonchev–Trinajstić information content (AvgIpc) is 2.55. The maximum absolute atomic E-state index is 11.2. The van der Waals surface area contributed by atoms with E-state index in [1.54, 1.807) is 6.92 Å². The molecule has 0 saturated carbocycles. The highest BCUT2D eigenvalue weighted by molar-refractivity contribution is 5.69. The first-order valence-electron chi connectivity index (χ1n) is 7.63. The second kappa shape index (κ2) is 7.76. The van der Waals surface area contributed by atoms with E-state index in [1.165, 1.54) is 11.1 Å². The molecule has 1 N–H and O–H groups in total. The molecule has 0 aliphatic rings. The Morgan fingerprint density at radius 3 is 2.09 bits per heavy atom. The summed E-state index contributed by atoms with van der Waals surface area (Å²) in [7, 11) is 0. The smallest absolute Gasteiger partial charge is 0.307 e. The summed E-state index contributed by atoms with van der Waals surface area (Å²) < 4.78 is 0. The predicted molar refractivity (Wildman–Crippen MR) is 88.5 cm³/mol. The third-order valence-electron chi connectivity index (χ3n) is 3.99. The topological polar surface area (TPSA) is 40.5 Å². The molecular weight excluding hydrogens is 274 g/mol. The number of aliphatic carboxylic acids is 1. The van der Waals surface area contributed by atoms with Crippen molar-refractivity contribution in [1.82, 2.24) is 4.90 Å². The monoisotopic (exact) mass is 297 g/mol. The lowest BCUT2D eigenvalue weighted by Crippen LogP contribution is -2.33. The van der Waals surface area contributed by atoms with Crippen molar-refractivity contribution in [2.24, 2.45) is 5.92 Å². The highest BCUT2D eigenvalue weighted by atomic mass is 16.4. The van der Waals surface area contributed by atoms with Gasteiger partial charge in [-0.2, -0.15) is 0 Å². The Labute approximate surface area is 132 Å². The van der Waals surface area contributed by atoms with Gasteiger partial charge in [-0.05, 0) is 18.1 Å². The van der Waals surface area contributed by atoms with Crippen LogP contribution in [0.25, 0.3) is 0 Å². The molecule has 2 aromatic carbocycles. The molecule has 0 aromatic heterocycles. The van der Waals surface area contributed by atoms with E-state index in [1.807, 2.05) is 36.4 Å². The molecule has 0 amide bonds. The molecule has 116 valence electrons. The minimum atomic E-state index is -0.752. The number of carboxylic acids is 1. The van der Waals surface area contributed by atoms with Gasteiger partial charge in [0, 0.05) is 19.1 Å². The van der Waals surface area contributed by atoms with Gasteiger partial charge >= 0.3 is 5.97 Å². The number of rotatable bonds is 7. The van der Waals surface area contributed by atoms with E-state index >= 15 is 0 Å². The van der Waals surface area contributed by atoms with Crippen molar-refractivity contribution in [2.75, 3.05) is 6.54 Å². The molecular formula is C19H23NO2. The van der Waals surface area contributed by atoms with Crippen molar-refractivity contribution >= 4 is 5.97 Å². The summed E-state index contributed by atoms with van der Waals surface area (Å²) in [4.78, 5) is 13.4. The predicted octanol–water partition coefficient (Wildman–Crippen LogP) is 3.97. The Morgan fingerprint density at radius 1 is 1.00 bits per heavy atom. The Hall–Kier alpha value is -2.13. The van der Waals surface area contributed by atoms with Gasteiger partial charge in [0.25, 0.3) is 0 Å². The molecule has 0 fully saturated rings. The summed E-state index contributed by atoms with van der Waals surface area (Å²) in [6, 6.07) is 20.6. The van der Waals surface area contributed by atoms with Crippen LogP contribution in [-0.2, 0) is 11.3 Å². The Balaban J connectivity index is 2.19. The standard InChI is InChI=1S/C19H23NO2/c1-15(19(21)22)13-20(14-17-9-5-3-6-10-17)16(2)18-11-7-4-8-12-18/h3-12,15-16H,13-14H2,1-2H3,(H,21,22)/t15-,16+/m0/s1. The van der Waals surface area contributed by atoms with E-state index in [4.69, 9.17) is 0 Å². The quantitative estimate of drug-likeness (QED) is 0.840. The van der Waals surface area contributed by atoms with Crippen LogP contribution in [0.15, 0.2) is 60.7 Å². The first-order valence-corrected chi connectivity index (χ1v) is 7.63. The Morgan fingerprint density at radius 2 is 1.55 bits per heavy atom. The second-order valence-electron chi connectivity index (χ2n) is 5.74. The molecule has 0 aliphatic heterocycles. The molecule has 0 aliphatic carbocycles. The van der Waals surface area contributed by atoms with Crippen LogP contribution in [0, 0.1) is 5.92 Å². The highest BCUT2D eigenvalue weighted by Gasteiger charge is 2.21. The van der Waals surface area contributed by atoms with Crippen molar-refractivity contribution in [3.63, 3.8) is 0 Å². The zero-order valence-electron chi connectivity index (χ0n) is 13.1. The van der Waals surface area contributed by atoms with Gasteiger partial charge in [0.15, 0.2) is 0 Å². The summed E-state index contributed by atoms with van der Waals surface area (Å²) in [6.07, 6.45) is 0. The van der Waals surface area contributed by atoms with Gasteiger partial charge in [0.2, 0.25) is 0 Å². The molecule has 0 heterocycles. The number of benzene rings is 2. The van der Waals surface area contributed by atoms with Gasteiger partial charge in [-0.1, -0.05) is 67.6 Å². The lowest BCUT2D eigenvalue weighted by Gasteiger charge is -2.31. The van der Waals surface area contributed by atoms with Gasteiger partial charge in [0.1, 0.15) is 0 Å². The van der Waals surface area contributed by atoms with Crippen molar-refractivity contribution in [1.29, 1.82) is 0 Å². The molecule has 0 bridgehead atoms. The van der Waals surface area contributed by atoms with E-state index in [-0.39, 0.29) is 6.04 Å². The Bertz CT molecular complexity index is 583. The van der Waals surface area contributed by atoms with Gasteiger partial charge in [-0.25, -0.2) is 0 Å². The first-order chi connectivity index (χ1) is 10.6. The molecule has 2 aromatic rings. The van der Waals surface area contributed by atoms with Crippen LogP contribution in [0.2, 0.25) is 0 Å². The molecule has 3 nitrogen and oxygen atoms in total. The van der Waals surface area contributed by atoms with Crippen LogP contribution in [0.1, 0.15) is 31.0 Å². The fourth-order valence-corrected chi connectivity index (χ4v) is 2.55. The van der Waals surface area contributed by atoms with E-state index in [2.05, 4.69) is 36.1 Å². The minimum Gasteiger partial charge on any atom is -0.481 e. The van der Waals surface area contributed by atoms with Gasteiger partial charge < -0.3 is 5.11 Å².